The summed E-state index contributed by atoms with van der Waals surface area (Å²) < 4.78 is 46.9. The molecule has 13 nitrogen and oxygen atoms in total. The van der Waals surface area contributed by atoms with Crippen molar-refractivity contribution in [2.75, 3.05) is 79.0 Å². The van der Waals surface area contributed by atoms with Gasteiger partial charge in [-0.1, -0.05) is 0 Å². The molecule has 194 valence electrons. The van der Waals surface area contributed by atoms with E-state index in [1.165, 1.54) is 9.80 Å². The lowest BCUT2D eigenvalue weighted by Crippen LogP contribution is -2.58. The molecule has 0 unspecified atom stereocenters. The van der Waals surface area contributed by atoms with Crippen LogP contribution in [0.2, 0.25) is 0 Å². The van der Waals surface area contributed by atoms with Gasteiger partial charge in [-0.3, -0.25) is 4.57 Å². The molecule has 0 aromatic rings. The highest BCUT2D eigenvalue weighted by atomic mass is 31.1. The van der Waals surface area contributed by atoms with Gasteiger partial charge in [-0.05, 0) is 27.7 Å². The second-order valence-electron chi connectivity index (χ2n) is 6.10. The number of rotatable bonds is 22. The van der Waals surface area contributed by atoms with Crippen LogP contribution >= 0.6 is 8.25 Å². The van der Waals surface area contributed by atoms with Crippen molar-refractivity contribution >= 4 is 8.25 Å². The highest BCUT2D eigenvalue weighted by Gasteiger charge is 2.47. The van der Waals surface area contributed by atoms with E-state index in [1.807, 2.05) is 0 Å². The fourth-order valence-corrected chi connectivity index (χ4v) is 3.87. The molecule has 14 heteroatoms. The van der Waals surface area contributed by atoms with Crippen molar-refractivity contribution in [3.63, 3.8) is 0 Å². The van der Waals surface area contributed by atoms with E-state index in [0.717, 1.165) is 0 Å². The first-order valence-electron chi connectivity index (χ1n) is 10.8. The fraction of sp³-hybridized carbons (Fsp3) is 1.00. The maximum absolute atomic E-state index is 13.1. The predicted molar refractivity (Wildman–Crippen MR) is 115 cm³/mol. The Bertz CT molecular complexity index is 426. The molecular formula is C18H41N2O11P. The summed E-state index contributed by atoms with van der Waals surface area (Å²) in [5.74, 6) is 0. The number of aliphatic hydroxyl groups is 4. The van der Waals surface area contributed by atoms with Crippen LogP contribution in [0.3, 0.4) is 0 Å². The van der Waals surface area contributed by atoms with E-state index in [1.54, 1.807) is 27.7 Å². The zero-order valence-corrected chi connectivity index (χ0v) is 20.5. The molecule has 0 radical (unpaired) electrons. The van der Waals surface area contributed by atoms with Crippen molar-refractivity contribution in [2.45, 2.75) is 39.9 Å². The quantitative estimate of drug-likeness (QED) is 0.112. The maximum atomic E-state index is 13.1. The van der Waals surface area contributed by atoms with Gasteiger partial charge >= 0.3 is 20.4 Å². The number of hydrogen-bond acceptors (Lipinski definition) is 13. The van der Waals surface area contributed by atoms with E-state index in [0.29, 0.717) is 0 Å². The average molecular weight is 493 g/mol. The summed E-state index contributed by atoms with van der Waals surface area (Å²) >= 11 is 0. The average Bonchev–Trinajstić information content (AvgIpc) is 2.74. The number of ether oxygens (including phenoxy) is 4. The summed E-state index contributed by atoms with van der Waals surface area (Å²) in [4.78, 5) is 2.68. The van der Waals surface area contributed by atoms with Crippen LogP contribution in [0.1, 0.15) is 27.7 Å². The van der Waals surface area contributed by atoms with Crippen molar-refractivity contribution in [2.24, 2.45) is 0 Å². The standard InChI is InChI=1S/C18H41N2O11P/c1-5-26-17(27-6-2,19(9-13-21)10-14-22)30-32(25)31-18(28-7-3,29-8-4)20(11-15-23)12-16-24/h21-24,32H,5-16H2,1-4H3. The molecule has 0 aliphatic heterocycles. The molecule has 0 aromatic heterocycles. The van der Waals surface area contributed by atoms with Gasteiger partial charge in [0.15, 0.2) is 0 Å². The van der Waals surface area contributed by atoms with Gasteiger partial charge in [0.25, 0.3) is 0 Å². The Morgan fingerprint density at radius 3 is 1.03 bits per heavy atom. The fourth-order valence-electron chi connectivity index (χ4n) is 2.91. The zero-order valence-electron chi connectivity index (χ0n) is 19.5. The molecule has 0 saturated heterocycles. The normalized spacial score (nSPS) is 13.1. The first-order valence-corrected chi connectivity index (χ1v) is 12.0. The van der Waals surface area contributed by atoms with Gasteiger partial charge in [0.1, 0.15) is 0 Å². The van der Waals surface area contributed by atoms with Gasteiger partial charge in [-0.15, -0.1) is 0 Å². The largest absolute Gasteiger partial charge is 0.395 e. The van der Waals surface area contributed by atoms with Gasteiger partial charge in [0, 0.05) is 26.2 Å². The van der Waals surface area contributed by atoms with E-state index in [-0.39, 0.29) is 79.0 Å². The third-order valence-electron chi connectivity index (χ3n) is 3.99. The molecule has 0 atom stereocenters. The topological polar surface area (TPSA) is 160 Å². The second-order valence-corrected chi connectivity index (χ2v) is 7.01. The highest BCUT2D eigenvalue weighted by molar-refractivity contribution is 7.33. The Morgan fingerprint density at radius 2 is 0.844 bits per heavy atom. The number of hydrogen-bond donors (Lipinski definition) is 4. The van der Waals surface area contributed by atoms with Crippen molar-refractivity contribution < 1.29 is 53.0 Å². The Hall–Kier alpha value is -0.250. The van der Waals surface area contributed by atoms with Crippen LogP contribution in [-0.2, 0) is 32.6 Å². The van der Waals surface area contributed by atoms with Crippen molar-refractivity contribution in [3.8, 4) is 0 Å². The van der Waals surface area contributed by atoms with Crippen LogP contribution in [0.15, 0.2) is 0 Å². The Morgan fingerprint density at radius 1 is 0.594 bits per heavy atom. The highest BCUT2D eigenvalue weighted by Crippen LogP contribution is 2.41. The van der Waals surface area contributed by atoms with E-state index in [9.17, 15) is 25.0 Å². The third kappa shape index (κ3) is 9.94. The van der Waals surface area contributed by atoms with E-state index in [2.05, 4.69) is 0 Å². The minimum Gasteiger partial charge on any atom is -0.395 e. The molecule has 0 aliphatic rings. The van der Waals surface area contributed by atoms with Gasteiger partial charge < -0.3 is 39.4 Å². The maximum Gasteiger partial charge on any atom is 0.360 e. The van der Waals surface area contributed by atoms with Gasteiger partial charge in [0.05, 0.1) is 52.9 Å². The van der Waals surface area contributed by atoms with Crippen LogP contribution in [0.5, 0.6) is 0 Å². The molecule has 0 fully saturated rings. The van der Waals surface area contributed by atoms with Crippen molar-refractivity contribution in [1.82, 2.24) is 9.80 Å². The van der Waals surface area contributed by atoms with Crippen LogP contribution in [-0.4, -0.2) is 121 Å². The summed E-state index contributed by atoms with van der Waals surface area (Å²) in [5, 5.41) is 37.7. The van der Waals surface area contributed by atoms with Gasteiger partial charge in [-0.25, -0.2) is 18.8 Å². The zero-order chi connectivity index (χ0) is 24.5. The first-order chi connectivity index (χ1) is 15.4. The molecule has 0 rings (SSSR count). The number of nitrogens with zero attached hydrogens (tertiary/aromatic N) is 2. The molecule has 0 bridgehead atoms. The van der Waals surface area contributed by atoms with Crippen molar-refractivity contribution in [1.29, 1.82) is 0 Å². The lowest BCUT2D eigenvalue weighted by atomic mass is 10.5. The van der Waals surface area contributed by atoms with Gasteiger partial charge in [0.2, 0.25) is 0 Å². The molecule has 0 amide bonds. The molecule has 0 aromatic carbocycles. The van der Waals surface area contributed by atoms with Crippen LogP contribution < -0.4 is 0 Å². The molecule has 0 spiro atoms. The minimum absolute atomic E-state index is 0.0150. The Labute approximate surface area is 190 Å². The lowest BCUT2D eigenvalue weighted by Gasteiger charge is -2.43. The smallest absolute Gasteiger partial charge is 0.360 e. The summed E-state index contributed by atoms with van der Waals surface area (Å²) in [6, 6.07) is 0. The van der Waals surface area contributed by atoms with Crippen LogP contribution in [0.25, 0.3) is 0 Å². The molecule has 0 heterocycles. The van der Waals surface area contributed by atoms with E-state index >= 15 is 0 Å². The van der Waals surface area contributed by atoms with Gasteiger partial charge in [-0.2, -0.15) is 0 Å². The Balaban J connectivity index is 6.03. The summed E-state index contributed by atoms with van der Waals surface area (Å²) in [5.41, 5.74) is 0. The first kappa shape index (κ1) is 31.8. The predicted octanol–water partition coefficient (Wildman–Crippen LogP) is -0.649. The monoisotopic (exact) mass is 492 g/mol. The summed E-state index contributed by atoms with van der Waals surface area (Å²) in [7, 11) is -3.51. The van der Waals surface area contributed by atoms with Crippen LogP contribution in [0, 0.1) is 0 Å². The Kier molecular flexibility index (Phi) is 18.0. The molecule has 4 N–H and O–H groups in total. The summed E-state index contributed by atoms with van der Waals surface area (Å²) in [6.45, 7) is 5.72. The lowest BCUT2D eigenvalue weighted by molar-refractivity contribution is -0.433. The molecular weight excluding hydrogens is 451 g/mol. The van der Waals surface area contributed by atoms with E-state index < -0.39 is 20.4 Å². The molecule has 32 heavy (non-hydrogen) atoms. The second kappa shape index (κ2) is 18.1. The van der Waals surface area contributed by atoms with E-state index in [4.69, 9.17) is 28.0 Å². The summed E-state index contributed by atoms with van der Waals surface area (Å²) in [6.07, 6.45) is -4.04. The minimum atomic E-state index is -3.51. The molecule has 0 saturated carbocycles. The third-order valence-corrected chi connectivity index (χ3v) is 4.84. The molecule has 0 aliphatic carbocycles. The van der Waals surface area contributed by atoms with Crippen LogP contribution in [0.4, 0.5) is 0 Å². The van der Waals surface area contributed by atoms with Crippen molar-refractivity contribution in [3.05, 3.63) is 0 Å². The number of aliphatic hydroxyl groups excluding tert-OH is 4. The SMILES string of the molecule is CCOC(OCC)(O[PH](=O)OC(OCC)(OCC)N(CCO)CCO)N(CCO)CCO.